The molecule has 3 heteroatoms. The molecule has 6 aromatic carbocycles. The molecule has 0 unspecified atom stereocenters. The van der Waals surface area contributed by atoms with Crippen molar-refractivity contribution < 1.29 is 4.42 Å². The van der Waals surface area contributed by atoms with E-state index in [-0.39, 0.29) is 5.41 Å². The van der Waals surface area contributed by atoms with Crippen LogP contribution in [0.25, 0.3) is 80.7 Å². The summed E-state index contributed by atoms with van der Waals surface area (Å²) in [5.41, 5.74) is 11.1. The average Bonchev–Trinajstić information content (AvgIpc) is 3.74. The molecule has 0 atom stereocenters. The van der Waals surface area contributed by atoms with Crippen molar-refractivity contribution in [2.45, 2.75) is 19.3 Å². The molecular formula is C39H25NOS. The largest absolute Gasteiger partial charge is 0.456 e. The van der Waals surface area contributed by atoms with Gasteiger partial charge in [-0.1, -0.05) is 92.7 Å². The zero-order valence-electron chi connectivity index (χ0n) is 23.2. The summed E-state index contributed by atoms with van der Waals surface area (Å²) in [5.74, 6) is 0. The molecule has 2 nitrogen and oxygen atoms in total. The Morgan fingerprint density at radius 2 is 1.31 bits per heavy atom. The number of para-hydroxylation sites is 2. The Kier molecular flexibility index (Phi) is 4.18. The van der Waals surface area contributed by atoms with Crippen molar-refractivity contribution >= 4 is 75.3 Å². The van der Waals surface area contributed by atoms with E-state index in [2.05, 4.69) is 122 Å². The second kappa shape index (κ2) is 7.70. The van der Waals surface area contributed by atoms with Crippen molar-refractivity contribution in [1.29, 1.82) is 0 Å². The number of aromatic nitrogens is 1. The molecule has 0 saturated carbocycles. The molecule has 10 rings (SSSR count). The van der Waals surface area contributed by atoms with Crippen LogP contribution in [0.4, 0.5) is 0 Å². The van der Waals surface area contributed by atoms with Crippen LogP contribution in [0.15, 0.2) is 120 Å². The first kappa shape index (κ1) is 22.8. The van der Waals surface area contributed by atoms with Gasteiger partial charge in [0.15, 0.2) is 0 Å². The van der Waals surface area contributed by atoms with E-state index in [4.69, 9.17) is 4.42 Å². The summed E-state index contributed by atoms with van der Waals surface area (Å²) in [5, 5.41) is 7.62. The quantitative estimate of drug-likeness (QED) is 0.197. The van der Waals surface area contributed by atoms with E-state index >= 15 is 0 Å². The summed E-state index contributed by atoms with van der Waals surface area (Å²) in [6.45, 7) is 4.73. The predicted octanol–water partition coefficient (Wildman–Crippen LogP) is 11.4. The molecule has 3 heterocycles. The van der Waals surface area contributed by atoms with Crippen molar-refractivity contribution in [3.8, 4) is 16.8 Å². The lowest BCUT2D eigenvalue weighted by Gasteiger charge is -2.21. The average molecular weight is 556 g/mol. The highest BCUT2D eigenvalue weighted by Crippen LogP contribution is 2.54. The summed E-state index contributed by atoms with van der Waals surface area (Å²) in [6, 6.07) is 42.1. The molecule has 0 amide bonds. The SMILES string of the molecule is CC1(C)c2ccccc2-c2c1ccc1c2sc2c1ccc1c2c2ccccc2n1-c1ccc2oc3ccccc3c2c1. The molecule has 1 aliphatic rings. The van der Waals surface area contributed by atoms with Gasteiger partial charge < -0.3 is 8.98 Å². The third-order valence-electron chi connectivity index (χ3n) is 9.60. The highest BCUT2D eigenvalue weighted by atomic mass is 32.1. The van der Waals surface area contributed by atoms with E-state index in [0.29, 0.717) is 0 Å². The van der Waals surface area contributed by atoms with Crippen molar-refractivity contribution in [2.24, 2.45) is 0 Å². The molecule has 3 aromatic heterocycles. The monoisotopic (exact) mass is 555 g/mol. The van der Waals surface area contributed by atoms with Crippen molar-refractivity contribution in [2.75, 3.05) is 0 Å². The van der Waals surface area contributed by atoms with Crippen LogP contribution in [0.3, 0.4) is 0 Å². The van der Waals surface area contributed by atoms with Crippen molar-refractivity contribution in [3.63, 3.8) is 0 Å². The van der Waals surface area contributed by atoms with Gasteiger partial charge in [-0.15, -0.1) is 11.3 Å². The van der Waals surface area contributed by atoms with Crippen LogP contribution in [0.1, 0.15) is 25.0 Å². The van der Waals surface area contributed by atoms with Crippen molar-refractivity contribution in [3.05, 3.63) is 126 Å². The molecule has 0 radical (unpaired) electrons. The lowest BCUT2D eigenvalue weighted by atomic mass is 9.82. The zero-order valence-corrected chi connectivity index (χ0v) is 24.0. The fraction of sp³-hybridized carbons (Fsp3) is 0.0769. The van der Waals surface area contributed by atoms with E-state index in [1.807, 2.05) is 23.5 Å². The van der Waals surface area contributed by atoms with Gasteiger partial charge in [0.2, 0.25) is 0 Å². The van der Waals surface area contributed by atoms with Crippen LogP contribution in [-0.2, 0) is 5.41 Å². The maximum atomic E-state index is 6.16. The molecule has 1 aliphatic carbocycles. The van der Waals surface area contributed by atoms with Gasteiger partial charge in [0.25, 0.3) is 0 Å². The number of fused-ring (bicyclic) bond motifs is 14. The van der Waals surface area contributed by atoms with Gasteiger partial charge in [-0.05, 0) is 53.1 Å². The summed E-state index contributed by atoms with van der Waals surface area (Å²) >= 11 is 1.96. The van der Waals surface area contributed by atoms with Crippen molar-refractivity contribution in [1.82, 2.24) is 4.57 Å². The van der Waals surface area contributed by atoms with Gasteiger partial charge in [-0.25, -0.2) is 0 Å². The van der Waals surface area contributed by atoms with Gasteiger partial charge in [0, 0.05) is 58.4 Å². The van der Waals surface area contributed by atoms with Crippen LogP contribution >= 0.6 is 11.3 Å². The highest BCUT2D eigenvalue weighted by Gasteiger charge is 2.36. The van der Waals surface area contributed by atoms with E-state index in [1.165, 1.54) is 64.2 Å². The topological polar surface area (TPSA) is 18.1 Å². The normalized spacial score (nSPS) is 14.1. The molecule has 0 spiro atoms. The number of rotatable bonds is 1. The van der Waals surface area contributed by atoms with Gasteiger partial charge in [-0.2, -0.15) is 0 Å². The zero-order chi connectivity index (χ0) is 27.7. The number of furan rings is 1. The first-order valence-electron chi connectivity index (χ1n) is 14.5. The maximum absolute atomic E-state index is 6.16. The van der Waals surface area contributed by atoms with E-state index < -0.39 is 0 Å². The number of benzene rings is 6. The molecule has 0 N–H and O–H groups in total. The lowest BCUT2D eigenvalue weighted by molar-refractivity contribution is 0.661. The molecule has 0 bridgehead atoms. The van der Waals surface area contributed by atoms with Gasteiger partial charge in [0.1, 0.15) is 11.2 Å². The Morgan fingerprint density at radius 1 is 0.571 bits per heavy atom. The molecule has 9 aromatic rings. The van der Waals surface area contributed by atoms with E-state index in [1.54, 1.807) is 0 Å². The Hall–Kier alpha value is -4.86. The fourth-order valence-electron chi connectivity index (χ4n) is 7.66. The second-order valence-corrected chi connectivity index (χ2v) is 13.1. The molecule has 0 fully saturated rings. The minimum Gasteiger partial charge on any atom is -0.456 e. The summed E-state index contributed by atoms with van der Waals surface area (Å²) in [7, 11) is 0. The Bertz CT molecular complexity index is 2610. The lowest BCUT2D eigenvalue weighted by Crippen LogP contribution is -2.14. The Morgan fingerprint density at radius 3 is 2.24 bits per heavy atom. The molecular weight excluding hydrogens is 531 g/mol. The van der Waals surface area contributed by atoms with Crippen LogP contribution in [0, 0.1) is 0 Å². The molecule has 42 heavy (non-hydrogen) atoms. The minimum atomic E-state index is -0.00244. The maximum Gasteiger partial charge on any atom is 0.135 e. The summed E-state index contributed by atoms with van der Waals surface area (Å²) < 4.78 is 11.4. The van der Waals surface area contributed by atoms with Crippen LogP contribution in [-0.4, -0.2) is 4.57 Å². The number of thiophene rings is 1. The number of hydrogen-bond acceptors (Lipinski definition) is 2. The highest BCUT2D eigenvalue weighted by molar-refractivity contribution is 7.27. The second-order valence-electron chi connectivity index (χ2n) is 12.1. The number of hydrogen-bond donors (Lipinski definition) is 0. The van der Waals surface area contributed by atoms with Crippen LogP contribution in [0.5, 0.6) is 0 Å². The third kappa shape index (κ3) is 2.70. The van der Waals surface area contributed by atoms with Gasteiger partial charge in [-0.3, -0.25) is 0 Å². The Balaban J connectivity index is 1.32. The molecule has 0 saturated heterocycles. The smallest absolute Gasteiger partial charge is 0.135 e. The predicted molar refractivity (Wildman–Crippen MR) is 179 cm³/mol. The van der Waals surface area contributed by atoms with Gasteiger partial charge in [0.05, 0.1) is 11.0 Å². The number of nitrogens with zero attached hydrogens (tertiary/aromatic N) is 1. The fourth-order valence-corrected chi connectivity index (χ4v) is 9.08. The van der Waals surface area contributed by atoms with Crippen LogP contribution in [0.2, 0.25) is 0 Å². The first-order valence-corrected chi connectivity index (χ1v) is 15.3. The standard InChI is InChI=1S/C39H25NOS/c1-39(2)29-12-6-3-10-26(29)35-30(39)18-16-24-25-17-19-32-36(38(25)42-37(24)35)27-11-4-7-13-31(27)40(32)22-15-20-34-28(21-22)23-9-5-8-14-33(23)41-34/h3-21H,1-2H3. The molecule has 0 aliphatic heterocycles. The van der Waals surface area contributed by atoms with E-state index in [9.17, 15) is 0 Å². The van der Waals surface area contributed by atoms with Gasteiger partial charge >= 0.3 is 0 Å². The first-order chi connectivity index (χ1) is 20.6. The minimum absolute atomic E-state index is 0.00244. The molecule has 198 valence electrons. The Labute approximate surface area is 246 Å². The van der Waals surface area contributed by atoms with E-state index in [0.717, 1.165) is 27.6 Å². The third-order valence-corrected chi connectivity index (χ3v) is 10.9. The summed E-state index contributed by atoms with van der Waals surface area (Å²) in [6.07, 6.45) is 0. The summed E-state index contributed by atoms with van der Waals surface area (Å²) in [4.78, 5) is 0. The van der Waals surface area contributed by atoms with Crippen LogP contribution < -0.4 is 0 Å².